The summed E-state index contributed by atoms with van der Waals surface area (Å²) in [5.41, 5.74) is -1.90. The molecule has 0 saturated carbocycles. The van der Waals surface area contributed by atoms with Gasteiger partial charge in [-0.2, -0.15) is 22.0 Å². The van der Waals surface area contributed by atoms with Gasteiger partial charge >= 0.3 is 6.18 Å². The van der Waals surface area contributed by atoms with Gasteiger partial charge in [-0.05, 0) is 49.3 Å². The molecule has 12 heteroatoms. The van der Waals surface area contributed by atoms with E-state index in [0.29, 0.717) is 42.5 Å². The van der Waals surface area contributed by atoms with Gasteiger partial charge in [0.15, 0.2) is 0 Å². The van der Waals surface area contributed by atoms with Gasteiger partial charge in [-0.3, -0.25) is 14.8 Å². The molecule has 0 spiro atoms. The molecular weight excluding hydrogens is 535 g/mol. The first-order chi connectivity index (χ1) is 18.6. The van der Waals surface area contributed by atoms with E-state index in [1.807, 2.05) is 0 Å². The summed E-state index contributed by atoms with van der Waals surface area (Å²) in [7, 11) is 0. The van der Waals surface area contributed by atoms with Crippen molar-refractivity contribution in [2.24, 2.45) is 0 Å². The zero-order chi connectivity index (χ0) is 29.5. The van der Waals surface area contributed by atoms with Crippen LogP contribution in [0.5, 0.6) is 0 Å². The van der Waals surface area contributed by atoms with E-state index < -0.39 is 47.5 Å². The smallest absolute Gasteiger partial charge is 0.377 e. The lowest BCUT2D eigenvalue weighted by Crippen LogP contribution is -2.58. The lowest BCUT2D eigenvalue weighted by molar-refractivity contribution is -0.274. The number of aliphatic hydroxyl groups is 1. The molecule has 0 radical (unpaired) electrons. The molecule has 2 aliphatic rings. The number of nitrogens with zero attached hydrogens (tertiary/aromatic N) is 3. The number of pyridine rings is 2. The predicted octanol–water partition coefficient (Wildman–Crippen LogP) is 5.24. The van der Waals surface area contributed by atoms with Gasteiger partial charge in [-0.1, -0.05) is 12.7 Å². The fourth-order valence-corrected chi connectivity index (χ4v) is 4.67. The van der Waals surface area contributed by atoms with Crippen molar-refractivity contribution < 1.29 is 36.6 Å². The maximum Gasteiger partial charge on any atom is 0.423 e. The molecule has 0 bridgehead atoms. The van der Waals surface area contributed by atoms with Crippen LogP contribution in [-0.4, -0.2) is 53.0 Å². The lowest BCUT2D eigenvalue weighted by atomic mass is 9.83. The third kappa shape index (κ3) is 5.78. The summed E-state index contributed by atoms with van der Waals surface area (Å²) in [4.78, 5) is 22.0. The Kier molecular flexibility index (Phi) is 7.88. The molecule has 2 aliphatic heterocycles. The van der Waals surface area contributed by atoms with Gasteiger partial charge in [-0.25, -0.2) is 0 Å². The second kappa shape index (κ2) is 10.7. The first kappa shape index (κ1) is 29.3. The fraction of sp³-hybridized carbons (Fsp3) is 0.393. The quantitative estimate of drug-likeness (QED) is 0.369. The summed E-state index contributed by atoms with van der Waals surface area (Å²) in [6, 6.07) is 3.22. The molecule has 4 rings (SSSR count). The van der Waals surface area contributed by atoms with Crippen LogP contribution in [0.1, 0.15) is 54.5 Å². The molecule has 1 amide bonds. The highest BCUT2D eigenvalue weighted by Gasteiger charge is 2.61. The maximum atomic E-state index is 13.9. The van der Waals surface area contributed by atoms with E-state index in [9.17, 15) is 31.9 Å². The Morgan fingerprint density at radius 1 is 1.20 bits per heavy atom. The number of anilines is 1. The number of hydrogen-bond donors (Lipinski definition) is 2. The van der Waals surface area contributed by atoms with Gasteiger partial charge in [0.25, 0.3) is 11.8 Å². The van der Waals surface area contributed by atoms with Crippen molar-refractivity contribution in [3.63, 3.8) is 0 Å². The predicted molar refractivity (Wildman–Crippen MR) is 139 cm³/mol. The van der Waals surface area contributed by atoms with E-state index in [4.69, 9.17) is 4.74 Å². The average molecular weight is 565 g/mol. The number of nitrogens with one attached hydrogen (secondary N) is 1. The lowest BCUT2D eigenvalue weighted by Gasteiger charge is -2.47. The third-order valence-corrected chi connectivity index (χ3v) is 6.99. The molecule has 0 aliphatic carbocycles. The molecule has 0 aromatic carbocycles. The van der Waals surface area contributed by atoms with Crippen LogP contribution >= 0.6 is 0 Å². The van der Waals surface area contributed by atoms with Crippen LogP contribution in [0.4, 0.5) is 27.6 Å². The molecule has 2 aromatic heterocycles. The molecule has 4 heterocycles. The second-order valence-corrected chi connectivity index (χ2v) is 10.0. The Hall–Kier alpha value is -3.64. The number of alkyl halides is 5. The van der Waals surface area contributed by atoms with Crippen molar-refractivity contribution in [3.8, 4) is 0 Å². The van der Waals surface area contributed by atoms with Crippen molar-refractivity contribution in [1.29, 1.82) is 0 Å². The van der Waals surface area contributed by atoms with Crippen LogP contribution in [0.15, 0.2) is 60.6 Å². The van der Waals surface area contributed by atoms with Crippen LogP contribution in [0.2, 0.25) is 0 Å². The van der Waals surface area contributed by atoms with E-state index in [-0.39, 0.29) is 17.9 Å². The number of hydrogen-bond acceptors (Lipinski definition) is 6. The van der Waals surface area contributed by atoms with Crippen molar-refractivity contribution in [1.82, 2.24) is 15.3 Å². The highest BCUT2D eigenvalue weighted by molar-refractivity contribution is 5.95. The van der Waals surface area contributed by atoms with Crippen LogP contribution in [0, 0.1) is 0 Å². The number of rotatable bonds is 6. The summed E-state index contributed by atoms with van der Waals surface area (Å²) >= 11 is 0. The number of morpholine rings is 1. The van der Waals surface area contributed by atoms with Crippen molar-refractivity contribution in [2.75, 3.05) is 24.7 Å². The van der Waals surface area contributed by atoms with Gasteiger partial charge in [0.2, 0.25) is 5.60 Å². The monoisotopic (exact) mass is 564 g/mol. The number of carbonyl (C=O) groups is 1. The maximum absolute atomic E-state index is 13.9. The van der Waals surface area contributed by atoms with Gasteiger partial charge in [0, 0.05) is 49.1 Å². The number of aromatic nitrogens is 2. The minimum Gasteiger partial charge on any atom is -0.377 e. The van der Waals surface area contributed by atoms with Crippen LogP contribution in [-0.2, 0) is 16.3 Å². The number of ether oxygens (including phenoxy) is 1. The van der Waals surface area contributed by atoms with E-state index in [0.717, 1.165) is 12.3 Å². The highest BCUT2D eigenvalue weighted by Crippen LogP contribution is 2.50. The second-order valence-electron chi connectivity index (χ2n) is 10.0. The summed E-state index contributed by atoms with van der Waals surface area (Å²) in [5, 5.41) is 13.3. The number of fused-ring (bicyclic) bond motifs is 3. The standard InChI is InChI=1S/C28H29F5N4O3/c1-16(5-6-17(2)36-25(38)19-7-8-34-23(12-19)26(4,29)30)18(3)20-11-22-24(35-14-20)27(39,28(31,32)33)13-21-15-40-10-9-37(21)22/h5-8,11-12,14,21,39H,3,9-10,13,15H2,1-2,4H3,(H,36,38)/b16-5-,17-6+. The molecule has 40 heavy (non-hydrogen) atoms. The molecular formula is C28H29F5N4O3. The number of allylic oxidation sites excluding steroid dienone is 5. The molecule has 2 unspecified atom stereocenters. The zero-order valence-corrected chi connectivity index (χ0v) is 22.1. The minimum atomic E-state index is -4.92. The summed E-state index contributed by atoms with van der Waals surface area (Å²) in [6.45, 7) is 8.83. The topological polar surface area (TPSA) is 87.6 Å². The first-order valence-corrected chi connectivity index (χ1v) is 12.5. The molecule has 2 aromatic rings. The summed E-state index contributed by atoms with van der Waals surface area (Å²) in [5.74, 6) is -3.79. The zero-order valence-electron chi connectivity index (χ0n) is 22.1. The van der Waals surface area contributed by atoms with Crippen LogP contribution in [0.3, 0.4) is 0 Å². The molecule has 2 N–H and O–H groups in total. The Morgan fingerprint density at radius 3 is 2.60 bits per heavy atom. The Balaban J connectivity index is 1.55. The third-order valence-electron chi connectivity index (χ3n) is 6.99. The van der Waals surface area contributed by atoms with E-state index in [2.05, 4.69) is 21.9 Å². The largest absolute Gasteiger partial charge is 0.423 e. The summed E-state index contributed by atoms with van der Waals surface area (Å²) in [6.07, 6.45) is 0.122. The molecule has 2 atom stereocenters. The van der Waals surface area contributed by atoms with Crippen molar-refractivity contribution >= 4 is 17.2 Å². The van der Waals surface area contributed by atoms with Gasteiger partial charge in [-0.15, -0.1) is 0 Å². The van der Waals surface area contributed by atoms with Gasteiger partial charge < -0.3 is 20.1 Å². The Bertz CT molecular complexity index is 1380. The molecule has 214 valence electrons. The number of carbonyl (C=O) groups excluding carboxylic acids is 1. The van der Waals surface area contributed by atoms with Gasteiger partial charge in [0.1, 0.15) is 11.4 Å². The van der Waals surface area contributed by atoms with Crippen LogP contribution in [0.25, 0.3) is 5.57 Å². The van der Waals surface area contributed by atoms with E-state index >= 15 is 0 Å². The normalized spacial score (nSPS) is 21.9. The van der Waals surface area contributed by atoms with Gasteiger partial charge in [0.05, 0.1) is 24.9 Å². The van der Waals surface area contributed by atoms with E-state index in [1.54, 1.807) is 37.0 Å². The molecule has 1 fully saturated rings. The average Bonchev–Trinajstić information content (AvgIpc) is 2.90. The summed E-state index contributed by atoms with van der Waals surface area (Å²) < 4.78 is 74.3. The minimum absolute atomic E-state index is 0.0183. The van der Waals surface area contributed by atoms with Crippen molar-refractivity contribution in [3.05, 3.63) is 83.1 Å². The SMILES string of the molecule is C=C(/C(C)=C\C=C(/C)NC(=O)c1ccnc(C(C)(F)F)c1)c1cnc2c(c1)N1CCOCC1CC2(O)C(F)(F)F. The fourth-order valence-electron chi connectivity index (χ4n) is 4.67. The van der Waals surface area contributed by atoms with E-state index in [1.165, 1.54) is 12.3 Å². The highest BCUT2D eigenvalue weighted by atomic mass is 19.4. The molecule has 7 nitrogen and oxygen atoms in total. The molecule has 1 saturated heterocycles. The Labute approximate surface area is 228 Å². The van der Waals surface area contributed by atoms with Crippen molar-refractivity contribution in [2.45, 2.75) is 50.9 Å². The Morgan fingerprint density at radius 2 is 1.93 bits per heavy atom. The number of amides is 1. The first-order valence-electron chi connectivity index (χ1n) is 12.5. The van der Waals surface area contributed by atoms with Crippen LogP contribution < -0.4 is 10.2 Å². The number of halogens is 5.